The van der Waals surface area contributed by atoms with Crippen LogP contribution in [-0.4, -0.2) is 58.0 Å². The van der Waals surface area contributed by atoms with Crippen molar-refractivity contribution < 1.29 is 14.3 Å². The van der Waals surface area contributed by atoms with Crippen molar-refractivity contribution in [1.29, 1.82) is 0 Å². The van der Waals surface area contributed by atoms with Gasteiger partial charge in [0, 0.05) is 61.7 Å². The molecule has 1 aliphatic rings. The Morgan fingerprint density at radius 3 is 2.41 bits per heavy atom. The van der Waals surface area contributed by atoms with E-state index in [1.54, 1.807) is 23.9 Å². The molecule has 0 saturated carbocycles. The summed E-state index contributed by atoms with van der Waals surface area (Å²) in [5, 5.41) is 1.01. The first-order valence-electron chi connectivity index (χ1n) is 12.5. The van der Waals surface area contributed by atoms with Crippen LogP contribution in [0.4, 0.5) is 4.79 Å². The lowest BCUT2D eigenvalue weighted by Gasteiger charge is -2.31. The van der Waals surface area contributed by atoms with E-state index >= 15 is 0 Å². The molecule has 190 valence electrons. The summed E-state index contributed by atoms with van der Waals surface area (Å²) < 4.78 is 5.59. The van der Waals surface area contributed by atoms with Gasteiger partial charge in [-0.05, 0) is 73.7 Å². The van der Waals surface area contributed by atoms with Gasteiger partial charge in [-0.2, -0.15) is 0 Å². The Hall–Kier alpha value is -4.13. The number of amides is 2. The Kier molecular flexibility index (Phi) is 6.23. The molecule has 2 amide bonds. The molecular formula is C30H32N4O3. The van der Waals surface area contributed by atoms with Crippen molar-refractivity contribution in [2.75, 3.05) is 20.6 Å². The second kappa shape index (κ2) is 9.39. The molecule has 37 heavy (non-hydrogen) atoms. The van der Waals surface area contributed by atoms with Crippen LogP contribution in [0.25, 0.3) is 33.3 Å². The van der Waals surface area contributed by atoms with E-state index in [9.17, 15) is 9.59 Å². The molecule has 2 aromatic heterocycles. The second-order valence-corrected chi connectivity index (χ2v) is 10.7. The minimum absolute atomic E-state index is 0.0212. The van der Waals surface area contributed by atoms with Gasteiger partial charge in [0.15, 0.2) is 0 Å². The Labute approximate surface area is 217 Å². The molecular weight excluding hydrogens is 464 g/mol. The lowest BCUT2D eigenvalue weighted by molar-refractivity contribution is 0.0224. The van der Waals surface area contributed by atoms with Gasteiger partial charge in [-0.1, -0.05) is 24.3 Å². The molecule has 0 saturated heterocycles. The fourth-order valence-corrected chi connectivity index (χ4v) is 4.67. The molecule has 1 N–H and O–H groups in total. The average molecular weight is 497 g/mol. The fraction of sp³-hybridized carbons (Fsp3) is 0.300. The molecule has 0 fully saturated rings. The number of pyridine rings is 1. The number of fused-ring (bicyclic) bond motifs is 2. The molecule has 0 spiro atoms. The highest BCUT2D eigenvalue weighted by atomic mass is 16.6. The molecule has 0 bridgehead atoms. The largest absolute Gasteiger partial charge is 0.444 e. The van der Waals surface area contributed by atoms with Crippen LogP contribution in [0.5, 0.6) is 0 Å². The molecule has 0 atom stereocenters. The van der Waals surface area contributed by atoms with Gasteiger partial charge in [0.1, 0.15) is 11.2 Å². The normalized spacial score (nSPS) is 13.4. The van der Waals surface area contributed by atoms with E-state index in [-0.39, 0.29) is 12.0 Å². The molecule has 4 aromatic rings. The van der Waals surface area contributed by atoms with E-state index in [1.165, 1.54) is 5.56 Å². The summed E-state index contributed by atoms with van der Waals surface area (Å²) in [4.78, 5) is 36.2. The van der Waals surface area contributed by atoms with Gasteiger partial charge in [0.2, 0.25) is 0 Å². The first kappa shape index (κ1) is 24.6. The summed E-state index contributed by atoms with van der Waals surface area (Å²) in [7, 11) is 3.50. The van der Waals surface area contributed by atoms with E-state index in [4.69, 9.17) is 4.74 Å². The van der Waals surface area contributed by atoms with Crippen molar-refractivity contribution in [3.8, 4) is 22.3 Å². The Bertz CT molecular complexity index is 1480. The maximum absolute atomic E-state index is 12.6. The molecule has 0 unspecified atom stereocenters. The van der Waals surface area contributed by atoms with Crippen LogP contribution < -0.4 is 0 Å². The van der Waals surface area contributed by atoms with Gasteiger partial charge in [0.25, 0.3) is 5.91 Å². The molecule has 3 heterocycles. The first-order chi connectivity index (χ1) is 17.6. The molecule has 0 aliphatic carbocycles. The molecule has 2 aromatic carbocycles. The number of rotatable bonds is 3. The summed E-state index contributed by atoms with van der Waals surface area (Å²) in [6, 6.07) is 16.2. The number of hydrogen-bond acceptors (Lipinski definition) is 4. The maximum atomic E-state index is 12.6. The first-order valence-corrected chi connectivity index (χ1v) is 12.5. The third kappa shape index (κ3) is 5.07. The number of nitrogens with zero attached hydrogens (tertiary/aromatic N) is 3. The second-order valence-electron chi connectivity index (χ2n) is 10.7. The highest BCUT2D eigenvalue weighted by Gasteiger charge is 2.26. The van der Waals surface area contributed by atoms with Gasteiger partial charge in [-0.15, -0.1) is 0 Å². The quantitative estimate of drug-likeness (QED) is 0.384. The Morgan fingerprint density at radius 2 is 1.70 bits per heavy atom. The van der Waals surface area contributed by atoms with E-state index in [0.717, 1.165) is 45.3 Å². The number of hydrogen-bond donors (Lipinski definition) is 1. The lowest BCUT2D eigenvalue weighted by Crippen LogP contribution is -2.39. The minimum Gasteiger partial charge on any atom is -0.444 e. The van der Waals surface area contributed by atoms with Crippen molar-refractivity contribution in [3.05, 3.63) is 77.6 Å². The van der Waals surface area contributed by atoms with Crippen LogP contribution in [0, 0.1) is 0 Å². The smallest absolute Gasteiger partial charge is 0.410 e. The minimum atomic E-state index is -0.517. The van der Waals surface area contributed by atoms with Gasteiger partial charge in [0.05, 0.1) is 0 Å². The van der Waals surface area contributed by atoms with Crippen molar-refractivity contribution in [3.63, 3.8) is 0 Å². The number of nitrogens with one attached hydrogen (secondary N) is 1. The van der Waals surface area contributed by atoms with Crippen LogP contribution in [-0.2, 0) is 17.7 Å². The number of benzene rings is 2. The van der Waals surface area contributed by atoms with Gasteiger partial charge in [-0.25, -0.2) is 9.78 Å². The zero-order valence-corrected chi connectivity index (χ0v) is 22.0. The highest BCUT2D eigenvalue weighted by molar-refractivity contribution is 5.98. The molecule has 7 heteroatoms. The maximum Gasteiger partial charge on any atom is 0.410 e. The van der Waals surface area contributed by atoms with Crippen LogP contribution in [0.15, 0.2) is 60.9 Å². The number of ether oxygens (including phenoxy) is 1. The predicted octanol–water partition coefficient (Wildman–Crippen LogP) is 5.89. The summed E-state index contributed by atoms with van der Waals surface area (Å²) >= 11 is 0. The molecule has 1 aliphatic heterocycles. The zero-order valence-electron chi connectivity index (χ0n) is 22.0. The van der Waals surface area contributed by atoms with Crippen molar-refractivity contribution in [1.82, 2.24) is 19.8 Å². The van der Waals surface area contributed by atoms with Gasteiger partial charge in [-0.3, -0.25) is 4.79 Å². The summed E-state index contributed by atoms with van der Waals surface area (Å²) in [6.07, 6.45) is 4.36. The van der Waals surface area contributed by atoms with E-state index in [2.05, 4.69) is 34.2 Å². The topological polar surface area (TPSA) is 78.5 Å². The Balaban J connectivity index is 1.43. The van der Waals surface area contributed by atoms with Crippen LogP contribution in [0.3, 0.4) is 0 Å². The van der Waals surface area contributed by atoms with Crippen LogP contribution in [0.2, 0.25) is 0 Å². The third-order valence-electron chi connectivity index (χ3n) is 6.58. The average Bonchev–Trinajstić information content (AvgIpc) is 3.30. The van der Waals surface area contributed by atoms with Gasteiger partial charge >= 0.3 is 6.09 Å². The third-order valence-corrected chi connectivity index (χ3v) is 6.58. The van der Waals surface area contributed by atoms with E-state index < -0.39 is 5.60 Å². The number of aromatic nitrogens is 2. The predicted molar refractivity (Wildman–Crippen MR) is 145 cm³/mol. The SMILES string of the molecule is CN(C)C(=O)c1ccc(-c2c[nH]c3ncc(-c4ccc5c(c4)CN(C(=O)OC(C)(C)C)CC5)cc23)cc1. The van der Waals surface area contributed by atoms with Crippen molar-refractivity contribution >= 4 is 23.0 Å². The molecule has 7 nitrogen and oxygen atoms in total. The van der Waals surface area contributed by atoms with Crippen molar-refractivity contribution in [2.45, 2.75) is 39.3 Å². The molecule has 5 rings (SSSR count). The molecule has 0 radical (unpaired) electrons. The zero-order chi connectivity index (χ0) is 26.3. The Morgan fingerprint density at radius 1 is 0.973 bits per heavy atom. The number of H-pyrrole nitrogens is 1. The standard InChI is InChI=1S/C30H32N4O3/c1-30(2,3)37-29(36)34-13-12-19-6-11-22(14-24(19)18-34)23-15-25-26(17-32-27(25)31-16-23)20-7-9-21(10-8-20)28(35)33(4)5/h6-11,14-17H,12-13,18H2,1-5H3,(H,31,32). The van der Waals surface area contributed by atoms with Crippen molar-refractivity contribution in [2.24, 2.45) is 0 Å². The number of carbonyl (C=O) groups is 2. The van der Waals surface area contributed by atoms with E-state index in [0.29, 0.717) is 18.7 Å². The van der Waals surface area contributed by atoms with E-state index in [1.807, 2.05) is 57.4 Å². The number of aromatic amines is 1. The van der Waals surface area contributed by atoms with Crippen LogP contribution in [0.1, 0.15) is 42.3 Å². The summed E-state index contributed by atoms with van der Waals surface area (Å²) in [5.74, 6) is -0.0212. The lowest BCUT2D eigenvalue weighted by atomic mass is 9.94. The van der Waals surface area contributed by atoms with Gasteiger partial charge < -0.3 is 19.5 Å². The fourth-order valence-electron chi connectivity index (χ4n) is 4.67. The number of carbonyl (C=O) groups excluding carboxylic acids is 2. The summed E-state index contributed by atoms with van der Waals surface area (Å²) in [6.45, 7) is 6.84. The highest BCUT2D eigenvalue weighted by Crippen LogP contribution is 2.33. The van der Waals surface area contributed by atoms with Crippen LogP contribution >= 0.6 is 0 Å². The summed E-state index contributed by atoms with van der Waals surface area (Å²) in [5.41, 5.74) is 7.43. The monoisotopic (exact) mass is 496 g/mol.